The van der Waals surface area contributed by atoms with Crippen LogP contribution in [0.2, 0.25) is 0 Å². The zero-order valence-electron chi connectivity index (χ0n) is 15.3. The van der Waals surface area contributed by atoms with Crippen LogP contribution >= 0.6 is 0 Å². The first-order valence-corrected chi connectivity index (χ1v) is 8.89. The van der Waals surface area contributed by atoms with Gasteiger partial charge in [-0.15, -0.1) is 0 Å². The summed E-state index contributed by atoms with van der Waals surface area (Å²) in [4.78, 5) is 4.31. The number of allylic oxidation sites excluding steroid dienone is 1. The third-order valence-corrected chi connectivity index (χ3v) is 4.95. The van der Waals surface area contributed by atoms with E-state index in [0.717, 1.165) is 17.3 Å². The quantitative estimate of drug-likeness (QED) is 0.649. The van der Waals surface area contributed by atoms with Gasteiger partial charge in [-0.25, -0.2) is 0 Å². The average molecular weight is 373 g/mol. The summed E-state index contributed by atoms with van der Waals surface area (Å²) >= 11 is 0. The number of ether oxygens (including phenoxy) is 1. The number of aliphatic imine (C=N–C) groups is 1. The van der Waals surface area contributed by atoms with Gasteiger partial charge < -0.3 is 4.74 Å². The molecule has 1 aliphatic heterocycles. The molecule has 3 atom stereocenters. The van der Waals surface area contributed by atoms with Crippen LogP contribution in [0.1, 0.15) is 24.1 Å². The lowest BCUT2D eigenvalue weighted by Crippen LogP contribution is -2.26. The molecule has 27 heavy (non-hydrogen) atoms. The third kappa shape index (κ3) is 4.41. The second-order valence-corrected chi connectivity index (χ2v) is 6.83. The van der Waals surface area contributed by atoms with Gasteiger partial charge in [0.15, 0.2) is 0 Å². The number of hydrogen-bond acceptors (Lipinski definition) is 2. The molecule has 2 nitrogen and oxygen atoms in total. The first-order valence-electron chi connectivity index (χ1n) is 8.89. The first-order chi connectivity index (χ1) is 12.9. The van der Waals surface area contributed by atoms with Crippen molar-refractivity contribution in [2.45, 2.75) is 25.6 Å². The van der Waals surface area contributed by atoms with Crippen molar-refractivity contribution in [1.82, 2.24) is 0 Å². The standard InChI is InChI=1S/C22H22F3NO/c1-15(12-16-8-4-3-5-9-16)19-13-17(22(23,24)25)14-26-21(19)18-10-6-7-11-20(18)27-2/h3-11,13-15,19,21H,12H2,1-2H3/t15-,19?,21?/m1/s1. The maximum Gasteiger partial charge on any atom is 0.417 e. The molecule has 3 rings (SSSR count). The Morgan fingerprint density at radius 1 is 1.04 bits per heavy atom. The van der Waals surface area contributed by atoms with E-state index in [9.17, 15) is 13.2 Å². The Bertz CT molecular complexity index is 827. The van der Waals surface area contributed by atoms with Crippen molar-refractivity contribution >= 4 is 6.21 Å². The molecule has 5 heteroatoms. The van der Waals surface area contributed by atoms with Gasteiger partial charge in [0, 0.05) is 17.7 Å². The van der Waals surface area contributed by atoms with Crippen LogP contribution in [0, 0.1) is 11.8 Å². The van der Waals surface area contributed by atoms with Crippen molar-refractivity contribution in [3.05, 3.63) is 77.4 Å². The van der Waals surface area contributed by atoms with E-state index < -0.39 is 17.8 Å². The Labute approximate surface area is 157 Å². The van der Waals surface area contributed by atoms with Gasteiger partial charge >= 0.3 is 6.18 Å². The largest absolute Gasteiger partial charge is 0.496 e. The van der Waals surface area contributed by atoms with Gasteiger partial charge in [0.2, 0.25) is 0 Å². The number of nitrogens with zero attached hydrogens (tertiary/aromatic N) is 1. The van der Waals surface area contributed by atoms with E-state index in [2.05, 4.69) is 4.99 Å². The number of methoxy groups -OCH3 is 1. The van der Waals surface area contributed by atoms with E-state index in [1.54, 1.807) is 7.11 Å². The van der Waals surface area contributed by atoms with Gasteiger partial charge in [-0.2, -0.15) is 13.2 Å². The van der Waals surface area contributed by atoms with E-state index in [4.69, 9.17) is 4.74 Å². The smallest absolute Gasteiger partial charge is 0.417 e. The predicted octanol–water partition coefficient (Wildman–Crippen LogP) is 5.80. The number of dihydropyridines is 1. The van der Waals surface area contributed by atoms with Gasteiger partial charge in [0.25, 0.3) is 0 Å². The van der Waals surface area contributed by atoms with E-state index in [1.807, 2.05) is 61.5 Å². The Morgan fingerprint density at radius 2 is 1.70 bits per heavy atom. The highest BCUT2D eigenvalue weighted by Gasteiger charge is 2.38. The van der Waals surface area contributed by atoms with Gasteiger partial charge in [-0.3, -0.25) is 4.99 Å². The van der Waals surface area contributed by atoms with E-state index in [0.29, 0.717) is 12.2 Å². The molecule has 2 aromatic carbocycles. The van der Waals surface area contributed by atoms with Crippen LogP contribution in [0.15, 0.2) is 71.2 Å². The molecule has 0 bridgehead atoms. The van der Waals surface area contributed by atoms with E-state index in [1.165, 1.54) is 6.08 Å². The van der Waals surface area contributed by atoms with Gasteiger partial charge in [-0.05, 0) is 24.0 Å². The van der Waals surface area contributed by atoms with Crippen LogP contribution in [-0.2, 0) is 6.42 Å². The Balaban J connectivity index is 1.97. The lowest BCUT2D eigenvalue weighted by molar-refractivity contribution is -0.0865. The topological polar surface area (TPSA) is 21.6 Å². The molecule has 142 valence electrons. The SMILES string of the molecule is COc1ccccc1C1N=CC(C(F)(F)F)=CC1[C@H](C)Cc1ccccc1. The highest BCUT2D eigenvalue weighted by Crippen LogP contribution is 2.42. The molecular formula is C22H22F3NO. The zero-order chi connectivity index (χ0) is 19.4. The highest BCUT2D eigenvalue weighted by molar-refractivity contribution is 5.81. The van der Waals surface area contributed by atoms with Crippen LogP contribution in [0.4, 0.5) is 13.2 Å². The summed E-state index contributed by atoms with van der Waals surface area (Å²) in [5.41, 5.74) is 1.22. The fraction of sp³-hybridized carbons (Fsp3) is 0.318. The molecular weight excluding hydrogens is 351 g/mol. The van der Waals surface area contributed by atoms with Crippen molar-refractivity contribution in [3.8, 4) is 5.75 Å². The highest BCUT2D eigenvalue weighted by atomic mass is 19.4. The van der Waals surface area contributed by atoms with Crippen LogP contribution in [0.25, 0.3) is 0 Å². The first kappa shape index (κ1) is 19.2. The maximum absolute atomic E-state index is 13.3. The molecule has 0 fully saturated rings. The fourth-order valence-electron chi connectivity index (χ4n) is 3.57. The molecule has 0 aromatic heterocycles. The normalized spacial score (nSPS) is 20.9. The number of para-hydroxylation sites is 1. The summed E-state index contributed by atoms with van der Waals surface area (Å²) in [7, 11) is 1.56. The van der Waals surface area contributed by atoms with Crippen LogP contribution in [-0.4, -0.2) is 19.5 Å². The minimum absolute atomic E-state index is 0.0305. The second kappa shape index (κ2) is 7.99. The summed E-state index contributed by atoms with van der Waals surface area (Å²) in [6, 6.07) is 16.8. The lowest BCUT2D eigenvalue weighted by Gasteiger charge is -2.32. The molecule has 0 aliphatic carbocycles. The minimum Gasteiger partial charge on any atom is -0.496 e. The molecule has 0 amide bonds. The molecule has 2 aromatic rings. The molecule has 0 spiro atoms. The predicted molar refractivity (Wildman–Crippen MR) is 101 cm³/mol. The van der Waals surface area contributed by atoms with Crippen LogP contribution in [0.3, 0.4) is 0 Å². The maximum atomic E-state index is 13.3. The molecule has 1 aliphatic rings. The summed E-state index contributed by atoms with van der Waals surface area (Å²) in [5, 5.41) is 0. The summed E-state index contributed by atoms with van der Waals surface area (Å²) in [6.07, 6.45) is -1.45. The van der Waals surface area contributed by atoms with Crippen molar-refractivity contribution in [3.63, 3.8) is 0 Å². The summed E-state index contributed by atoms with van der Waals surface area (Å²) in [5.74, 6) is 0.223. The lowest BCUT2D eigenvalue weighted by atomic mass is 9.78. The van der Waals surface area contributed by atoms with Crippen LogP contribution in [0.5, 0.6) is 5.75 Å². The number of halogens is 3. The molecule has 0 radical (unpaired) electrons. The summed E-state index contributed by atoms with van der Waals surface area (Å²) < 4.78 is 45.3. The third-order valence-electron chi connectivity index (χ3n) is 4.95. The van der Waals surface area contributed by atoms with Gasteiger partial charge in [-0.1, -0.05) is 61.5 Å². The summed E-state index contributed by atoms with van der Waals surface area (Å²) in [6.45, 7) is 1.98. The van der Waals surface area contributed by atoms with E-state index in [-0.39, 0.29) is 11.8 Å². The van der Waals surface area contributed by atoms with Gasteiger partial charge in [0.05, 0.1) is 18.7 Å². The van der Waals surface area contributed by atoms with Crippen LogP contribution < -0.4 is 4.74 Å². The fourth-order valence-corrected chi connectivity index (χ4v) is 3.57. The zero-order valence-corrected chi connectivity index (χ0v) is 15.3. The number of alkyl halides is 3. The monoisotopic (exact) mass is 373 g/mol. The Kier molecular flexibility index (Phi) is 5.68. The number of benzene rings is 2. The van der Waals surface area contributed by atoms with E-state index >= 15 is 0 Å². The van der Waals surface area contributed by atoms with Crippen molar-refractivity contribution < 1.29 is 17.9 Å². The molecule has 0 saturated heterocycles. The number of rotatable bonds is 5. The molecule has 2 unspecified atom stereocenters. The van der Waals surface area contributed by atoms with Crippen molar-refractivity contribution in [2.24, 2.45) is 16.8 Å². The Hall–Kier alpha value is -2.56. The minimum atomic E-state index is -4.40. The van der Waals surface area contributed by atoms with Crippen molar-refractivity contribution in [2.75, 3.05) is 7.11 Å². The second-order valence-electron chi connectivity index (χ2n) is 6.83. The average Bonchev–Trinajstić information content (AvgIpc) is 2.67. The molecule has 0 N–H and O–H groups in total. The Morgan fingerprint density at radius 3 is 2.37 bits per heavy atom. The molecule has 0 saturated carbocycles. The van der Waals surface area contributed by atoms with Gasteiger partial charge in [0.1, 0.15) is 5.75 Å². The molecule has 1 heterocycles. The van der Waals surface area contributed by atoms with Crippen molar-refractivity contribution in [1.29, 1.82) is 0 Å². The number of hydrogen-bond donors (Lipinski definition) is 0.